The topological polar surface area (TPSA) is 253 Å². The predicted molar refractivity (Wildman–Crippen MR) is 205 cm³/mol. The monoisotopic (exact) mass is 867 g/mol. The average molecular weight is 868 g/mol. The van der Waals surface area contributed by atoms with Gasteiger partial charge in [0.15, 0.2) is 30.0 Å². The maximum absolute atomic E-state index is 14.4. The molecule has 1 spiro atoms. The molecule has 19 nitrogen and oxygen atoms in total. The summed E-state index contributed by atoms with van der Waals surface area (Å²) in [5, 5.41) is 13.6. The molecule has 3 fully saturated rings. The van der Waals surface area contributed by atoms with Gasteiger partial charge in [-0.05, 0) is 51.0 Å². The number of hydrogen-bond acceptors (Lipinski definition) is 19. The van der Waals surface area contributed by atoms with Crippen molar-refractivity contribution in [3.63, 3.8) is 0 Å². The zero-order chi connectivity index (χ0) is 45.5. The van der Waals surface area contributed by atoms with Crippen LogP contribution in [0.2, 0.25) is 0 Å². The zero-order valence-electron chi connectivity index (χ0n) is 35.4. The largest absolute Gasteiger partial charge is 0.465 e. The number of cyclic esters (lactones) is 1. The number of esters is 8. The Morgan fingerprint density at radius 2 is 1.37 bits per heavy atom. The number of carbonyl (C=O) groups excluding carboxylic acids is 8. The molecule has 4 aliphatic rings. The second-order valence-corrected chi connectivity index (χ2v) is 16.4. The van der Waals surface area contributed by atoms with E-state index in [4.69, 9.17) is 42.6 Å². The minimum Gasteiger partial charge on any atom is -0.465 e. The predicted octanol–water partition coefficient (Wildman–Crippen LogP) is 2.16. The molecule has 19 heteroatoms. The van der Waals surface area contributed by atoms with Crippen LogP contribution in [0, 0.1) is 17.3 Å². The number of aliphatic hydroxyl groups is 1. The maximum Gasteiger partial charge on any atom is 0.340 e. The average Bonchev–Trinajstić information content (AvgIpc) is 3.41. The van der Waals surface area contributed by atoms with E-state index in [1.807, 2.05) is 0 Å². The summed E-state index contributed by atoms with van der Waals surface area (Å²) in [5.74, 6) is -10.7. The summed E-state index contributed by atoms with van der Waals surface area (Å²) >= 11 is 0. The minimum absolute atomic E-state index is 0.0225. The molecule has 3 heterocycles. The van der Waals surface area contributed by atoms with Crippen LogP contribution < -0.4 is 0 Å². The molecule has 1 N–H and O–H groups in total. The summed E-state index contributed by atoms with van der Waals surface area (Å²) in [5.41, 5.74) is -10.1. The van der Waals surface area contributed by atoms with E-state index in [1.165, 1.54) is 56.4 Å². The number of ether oxygens (including phenoxy) is 9. The van der Waals surface area contributed by atoms with Crippen molar-refractivity contribution in [1.82, 2.24) is 4.98 Å². The molecule has 0 unspecified atom stereocenters. The molecule has 1 saturated heterocycles. The van der Waals surface area contributed by atoms with Gasteiger partial charge in [-0.1, -0.05) is 25.1 Å². The minimum atomic E-state index is -2.86. The quantitative estimate of drug-likeness (QED) is 0.295. The van der Waals surface area contributed by atoms with Crippen LogP contribution >= 0.6 is 0 Å². The summed E-state index contributed by atoms with van der Waals surface area (Å²) in [6, 6.07) is 10.4. The number of aromatic nitrogens is 1. The lowest BCUT2D eigenvalue weighted by molar-refractivity contribution is -0.386. The number of fused-ring (bicyclic) bond motifs is 5. The summed E-state index contributed by atoms with van der Waals surface area (Å²) in [6.07, 6.45) is -10.6. The van der Waals surface area contributed by atoms with Crippen LogP contribution in [0.1, 0.15) is 88.2 Å². The highest BCUT2D eigenvalue weighted by atomic mass is 16.7. The molecule has 2 saturated carbocycles. The van der Waals surface area contributed by atoms with Gasteiger partial charge in [0.25, 0.3) is 0 Å². The molecule has 0 amide bonds. The number of carbonyl (C=O) groups is 8. The fourth-order valence-corrected chi connectivity index (χ4v) is 9.73. The molecular weight excluding hydrogens is 818 g/mol. The third-order valence-electron chi connectivity index (χ3n) is 12.1. The van der Waals surface area contributed by atoms with E-state index in [9.17, 15) is 43.5 Å². The van der Waals surface area contributed by atoms with Crippen molar-refractivity contribution in [1.29, 1.82) is 0 Å². The lowest BCUT2D eigenvalue weighted by Crippen LogP contribution is -2.89. The molecule has 334 valence electrons. The Bertz CT molecular complexity index is 2140. The van der Waals surface area contributed by atoms with E-state index in [1.54, 1.807) is 6.07 Å². The van der Waals surface area contributed by atoms with E-state index < -0.39 is 132 Å². The van der Waals surface area contributed by atoms with Crippen molar-refractivity contribution in [3.8, 4) is 0 Å². The van der Waals surface area contributed by atoms with Gasteiger partial charge in [-0.15, -0.1) is 0 Å². The molecule has 12 atom stereocenters. The van der Waals surface area contributed by atoms with Crippen molar-refractivity contribution in [2.75, 3.05) is 13.2 Å². The Hall–Kier alpha value is -5.95. The van der Waals surface area contributed by atoms with Gasteiger partial charge < -0.3 is 47.7 Å². The van der Waals surface area contributed by atoms with E-state index >= 15 is 0 Å². The SMILES string of the molecule is CC(=O)OC[C@]12[C@H](OC(C)=O)[C@H](OC(C)=O)[C@H]3[C@H](OC(C)=O)[C@@]14O[C@@]3(C)COC(=O)c1cccnc1CC[C@H](C)C(=O)O[C@@H]([C@H](OC(=O)c1ccccc1)[C@@H]2OC(C)=O)[C@]4(C)O. The van der Waals surface area contributed by atoms with Crippen LogP contribution in [0.3, 0.4) is 0 Å². The number of benzene rings is 1. The number of aryl methyl sites for hydroxylation is 1. The molecule has 1 aromatic carbocycles. The van der Waals surface area contributed by atoms with Crippen LogP contribution in [0.25, 0.3) is 0 Å². The van der Waals surface area contributed by atoms with Crippen LogP contribution in [-0.2, 0) is 77.8 Å². The van der Waals surface area contributed by atoms with Crippen LogP contribution in [0.15, 0.2) is 48.7 Å². The summed E-state index contributed by atoms with van der Waals surface area (Å²) in [6.45, 7) is 7.16. The zero-order valence-corrected chi connectivity index (χ0v) is 35.4. The second kappa shape index (κ2) is 17.1. The highest BCUT2D eigenvalue weighted by Crippen LogP contribution is 2.70. The number of nitrogens with zero attached hydrogens (tertiary/aromatic N) is 1. The highest BCUT2D eigenvalue weighted by Gasteiger charge is 2.92. The molecule has 2 aliphatic carbocycles. The van der Waals surface area contributed by atoms with Crippen LogP contribution in [0.5, 0.6) is 0 Å². The normalized spacial score (nSPS) is 35.0. The Balaban J connectivity index is 1.77. The molecular formula is C43H49NO18. The van der Waals surface area contributed by atoms with Gasteiger partial charge in [-0.25, -0.2) is 9.59 Å². The van der Waals surface area contributed by atoms with Crippen LogP contribution in [-0.4, -0.2) is 124 Å². The molecule has 2 aliphatic heterocycles. The fourth-order valence-electron chi connectivity index (χ4n) is 9.73. The van der Waals surface area contributed by atoms with Gasteiger partial charge >= 0.3 is 47.8 Å². The lowest BCUT2D eigenvalue weighted by Gasteiger charge is -2.67. The first-order chi connectivity index (χ1) is 29.1. The number of rotatable bonds is 8. The highest BCUT2D eigenvalue weighted by molar-refractivity contribution is 5.91. The third-order valence-corrected chi connectivity index (χ3v) is 12.1. The first-order valence-corrected chi connectivity index (χ1v) is 19.9. The first kappa shape index (κ1) is 45.6. The fraction of sp³-hybridized carbons (Fsp3) is 0.558. The second-order valence-electron chi connectivity index (χ2n) is 16.4. The Kier molecular flexibility index (Phi) is 12.6. The van der Waals surface area contributed by atoms with Gasteiger partial charge in [0.2, 0.25) is 0 Å². The van der Waals surface area contributed by atoms with E-state index in [0.717, 1.165) is 41.5 Å². The Morgan fingerprint density at radius 1 is 0.774 bits per heavy atom. The number of pyridine rings is 1. The van der Waals surface area contributed by atoms with Crippen molar-refractivity contribution in [2.45, 2.75) is 122 Å². The third kappa shape index (κ3) is 7.76. The molecule has 4 bridgehead atoms. The maximum atomic E-state index is 14.4. The van der Waals surface area contributed by atoms with E-state index in [0.29, 0.717) is 0 Å². The lowest BCUT2D eigenvalue weighted by atomic mass is 9.45. The van der Waals surface area contributed by atoms with Crippen molar-refractivity contribution in [3.05, 3.63) is 65.5 Å². The van der Waals surface area contributed by atoms with Crippen LogP contribution in [0.4, 0.5) is 0 Å². The molecule has 6 rings (SSSR count). The van der Waals surface area contributed by atoms with E-state index in [2.05, 4.69) is 4.98 Å². The molecule has 0 radical (unpaired) electrons. The van der Waals surface area contributed by atoms with Gasteiger partial charge in [-0.2, -0.15) is 0 Å². The van der Waals surface area contributed by atoms with Gasteiger partial charge in [0.05, 0.1) is 28.7 Å². The number of hydrogen-bond donors (Lipinski definition) is 1. The smallest absolute Gasteiger partial charge is 0.340 e. The molecule has 2 aromatic rings. The summed E-state index contributed by atoms with van der Waals surface area (Å²) in [7, 11) is 0. The van der Waals surface area contributed by atoms with E-state index in [-0.39, 0.29) is 29.7 Å². The Labute approximate surface area is 355 Å². The standard InChI is InChI=1S/C43H49NO18/c1-21-16-17-29-28(15-12-18-44-29)39(52)55-19-40(7)30-31(56-23(3)46)35(58-25(5)48)42(20-54-22(2)45)36(59-26(6)49)32(60-38(51)27-13-10-9-11-14-27)34(61-37(21)50)41(8,53)43(42,62-40)33(30)57-24(4)47/h9-15,18,21,30-36,53H,16-17,19-20H2,1-8H3/t21-,30-,31+,32-,33-,34-,35+,36-,40-,41-,42+,43-/m0/s1. The molecule has 1 aromatic heterocycles. The Morgan fingerprint density at radius 3 is 1.97 bits per heavy atom. The van der Waals surface area contributed by atoms with Crippen molar-refractivity contribution < 1.29 is 86.1 Å². The summed E-state index contributed by atoms with van der Waals surface area (Å²) < 4.78 is 55.3. The van der Waals surface area contributed by atoms with Crippen molar-refractivity contribution >= 4 is 47.8 Å². The summed E-state index contributed by atoms with van der Waals surface area (Å²) in [4.78, 5) is 113. The van der Waals surface area contributed by atoms with Crippen molar-refractivity contribution in [2.24, 2.45) is 17.3 Å². The van der Waals surface area contributed by atoms with Gasteiger partial charge in [-0.3, -0.25) is 33.8 Å². The van der Waals surface area contributed by atoms with Gasteiger partial charge in [0, 0.05) is 40.8 Å². The van der Waals surface area contributed by atoms with Gasteiger partial charge in [0.1, 0.15) is 42.0 Å². The molecule has 62 heavy (non-hydrogen) atoms. The first-order valence-electron chi connectivity index (χ1n) is 19.9.